The number of anilines is 2. The van der Waals surface area contributed by atoms with Gasteiger partial charge in [0.15, 0.2) is 5.78 Å². The molecule has 3 aromatic rings. The number of imidazole rings is 1. The first-order valence-electron chi connectivity index (χ1n) is 14.6. The van der Waals surface area contributed by atoms with Crippen LogP contribution in [0.3, 0.4) is 0 Å². The Morgan fingerprint density at radius 1 is 0.974 bits per heavy atom. The number of hydrogen-bond donors (Lipinski definition) is 1. The van der Waals surface area contributed by atoms with Gasteiger partial charge in [0.1, 0.15) is 0 Å². The molecule has 1 N–H and O–H groups in total. The molecule has 2 heterocycles. The van der Waals surface area contributed by atoms with Crippen molar-refractivity contribution >= 4 is 28.5 Å². The number of ketones is 1. The molecule has 1 fully saturated rings. The quantitative estimate of drug-likeness (QED) is 0.248. The first-order valence-corrected chi connectivity index (χ1v) is 14.6. The predicted molar refractivity (Wildman–Crippen MR) is 159 cm³/mol. The van der Waals surface area contributed by atoms with Gasteiger partial charge in [-0.25, -0.2) is 4.98 Å². The Kier molecular flexibility index (Phi) is 9.97. The van der Waals surface area contributed by atoms with Crippen molar-refractivity contribution in [2.45, 2.75) is 73.4 Å². The summed E-state index contributed by atoms with van der Waals surface area (Å²) in [5.74, 6) is 2.19. The SMILES string of the molecule is CC(=O)c1cccc(Nc2nc3ccc(CN(CC(C)C)CC(C)C)cc3n2CCCN2CCCCC2)c1. The van der Waals surface area contributed by atoms with Crippen molar-refractivity contribution in [3.63, 3.8) is 0 Å². The highest BCUT2D eigenvalue weighted by Gasteiger charge is 2.16. The van der Waals surface area contributed by atoms with E-state index >= 15 is 0 Å². The number of nitrogens with one attached hydrogen (secondary N) is 1. The van der Waals surface area contributed by atoms with Crippen LogP contribution in [0.4, 0.5) is 11.6 Å². The number of hydrogen-bond acceptors (Lipinski definition) is 5. The van der Waals surface area contributed by atoms with Crippen molar-refractivity contribution in [1.82, 2.24) is 19.4 Å². The molecule has 4 rings (SSSR count). The lowest BCUT2D eigenvalue weighted by Gasteiger charge is -2.26. The molecule has 0 bridgehead atoms. The fourth-order valence-corrected chi connectivity index (χ4v) is 5.66. The van der Waals surface area contributed by atoms with Gasteiger partial charge in [0.25, 0.3) is 0 Å². The molecule has 38 heavy (non-hydrogen) atoms. The summed E-state index contributed by atoms with van der Waals surface area (Å²) < 4.78 is 2.35. The van der Waals surface area contributed by atoms with E-state index in [4.69, 9.17) is 4.98 Å². The van der Waals surface area contributed by atoms with Gasteiger partial charge in [-0.2, -0.15) is 0 Å². The zero-order valence-electron chi connectivity index (χ0n) is 24.2. The zero-order valence-corrected chi connectivity index (χ0v) is 24.2. The van der Waals surface area contributed by atoms with E-state index in [1.54, 1.807) is 6.92 Å². The summed E-state index contributed by atoms with van der Waals surface area (Å²) in [6.45, 7) is 18.4. The predicted octanol–water partition coefficient (Wildman–Crippen LogP) is 6.97. The van der Waals surface area contributed by atoms with Crippen LogP contribution in [0.15, 0.2) is 42.5 Å². The molecule has 1 aliphatic heterocycles. The highest BCUT2D eigenvalue weighted by Crippen LogP contribution is 2.26. The monoisotopic (exact) mass is 517 g/mol. The Balaban J connectivity index is 1.61. The Hall–Kier alpha value is -2.70. The van der Waals surface area contributed by atoms with Crippen LogP contribution < -0.4 is 5.32 Å². The molecule has 0 radical (unpaired) electrons. The molecule has 1 saturated heterocycles. The topological polar surface area (TPSA) is 53.4 Å². The molecule has 0 unspecified atom stereocenters. The first-order chi connectivity index (χ1) is 18.3. The van der Waals surface area contributed by atoms with Crippen molar-refractivity contribution in [3.05, 3.63) is 53.6 Å². The summed E-state index contributed by atoms with van der Waals surface area (Å²) in [4.78, 5) is 22.1. The number of likely N-dealkylation sites (tertiary alicyclic amines) is 1. The smallest absolute Gasteiger partial charge is 0.208 e. The van der Waals surface area contributed by atoms with Gasteiger partial charge >= 0.3 is 0 Å². The van der Waals surface area contributed by atoms with Crippen LogP contribution in [0.5, 0.6) is 0 Å². The number of piperidine rings is 1. The van der Waals surface area contributed by atoms with Gasteiger partial charge in [0.05, 0.1) is 11.0 Å². The maximum absolute atomic E-state index is 12.0. The average molecular weight is 518 g/mol. The highest BCUT2D eigenvalue weighted by molar-refractivity contribution is 5.95. The number of fused-ring (bicyclic) bond motifs is 1. The Labute approximate surface area is 229 Å². The highest BCUT2D eigenvalue weighted by atomic mass is 16.1. The maximum atomic E-state index is 12.0. The number of Topliss-reactive ketones (excluding diaryl/α,β-unsaturated/α-hetero) is 1. The van der Waals surface area contributed by atoms with Gasteiger partial charge in [-0.3, -0.25) is 9.69 Å². The van der Waals surface area contributed by atoms with Gasteiger partial charge in [0.2, 0.25) is 5.95 Å². The van der Waals surface area contributed by atoms with E-state index in [0.717, 1.165) is 56.3 Å². The zero-order chi connectivity index (χ0) is 27.1. The molecule has 1 aliphatic rings. The Morgan fingerprint density at radius 3 is 2.39 bits per heavy atom. The first kappa shape index (κ1) is 28.3. The lowest BCUT2D eigenvalue weighted by molar-refractivity contribution is 0.101. The molecule has 6 heteroatoms. The lowest BCUT2D eigenvalue weighted by atomic mass is 10.1. The van der Waals surface area contributed by atoms with E-state index in [1.807, 2.05) is 24.3 Å². The minimum Gasteiger partial charge on any atom is -0.326 e. The maximum Gasteiger partial charge on any atom is 0.208 e. The van der Waals surface area contributed by atoms with Crippen molar-refractivity contribution in [1.29, 1.82) is 0 Å². The van der Waals surface area contributed by atoms with Crippen LogP contribution in [-0.2, 0) is 13.1 Å². The van der Waals surface area contributed by atoms with E-state index in [-0.39, 0.29) is 5.78 Å². The van der Waals surface area contributed by atoms with Crippen LogP contribution in [0.1, 0.15) is 76.2 Å². The standard InChI is InChI=1S/C32H47N5O/c1-24(2)21-36(22-25(3)4)23-27-13-14-30-31(19-27)37(18-10-17-35-15-7-6-8-16-35)32(34-30)33-29-12-9-11-28(20-29)26(5)38/h9,11-14,19-20,24-25H,6-8,10,15-18,21-23H2,1-5H3,(H,33,34). The second kappa shape index (κ2) is 13.4. The van der Waals surface area contributed by atoms with Gasteiger partial charge < -0.3 is 14.8 Å². The van der Waals surface area contributed by atoms with Gasteiger partial charge in [0, 0.05) is 37.4 Å². The number of benzene rings is 2. The van der Waals surface area contributed by atoms with E-state index < -0.39 is 0 Å². The normalized spacial score (nSPS) is 14.7. The van der Waals surface area contributed by atoms with Crippen molar-refractivity contribution < 1.29 is 4.79 Å². The molecule has 0 saturated carbocycles. The molecule has 0 aliphatic carbocycles. The van der Waals surface area contributed by atoms with Crippen LogP contribution in [0.25, 0.3) is 11.0 Å². The summed E-state index contributed by atoms with van der Waals surface area (Å²) in [6, 6.07) is 14.5. The van der Waals surface area contributed by atoms with Gasteiger partial charge in [-0.15, -0.1) is 0 Å². The van der Waals surface area contributed by atoms with Crippen LogP contribution >= 0.6 is 0 Å². The molecule has 0 spiro atoms. The van der Waals surface area contributed by atoms with E-state index in [9.17, 15) is 4.79 Å². The molecular weight excluding hydrogens is 470 g/mol. The number of carbonyl (C=O) groups is 1. The van der Waals surface area contributed by atoms with Gasteiger partial charge in [-0.1, -0.05) is 52.3 Å². The number of aromatic nitrogens is 2. The summed E-state index contributed by atoms with van der Waals surface area (Å²) in [6.07, 6.45) is 5.09. The largest absolute Gasteiger partial charge is 0.326 e. The number of rotatable bonds is 13. The number of aryl methyl sites for hydroxylation is 1. The number of carbonyl (C=O) groups excluding carboxylic acids is 1. The minimum atomic E-state index is 0.0701. The molecular formula is C32H47N5O. The van der Waals surface area contributed by atoms with Crippen LogP contribution in [0, 0.1) is 11.8 Å². The van der Waals surface area contributed by atoms with Crippen LogP contribution in [0.2, 0.25) is 0 Å². The third-order valence-electron chi connectivity index (χ3n) is 7.30. The third kappa shape index (κ3) is 7.90. The molecule has 6 nitrogen and oxygen atoms in total. The van der Waals surface area contributed by atoms with E-state index in [0.29, 0.717) is 17.4 Å². The number of nitrogens with zero attached hydrogens (tertiary/aromatic N) is 4. The summed E-state index contributed by atoms with van der Waals surface area (Å²) in [7, 11) is 0. The molecule has 206 valence electrons. The summed E-state index contributed by atoms with van der Waals surface area (Å²) >= 11 is 0. The van der Waals surface area contributed by atoms with Crippen molar-refractivity contribution in [2.24, 2.45) is 11.8 Å². The van der Waals surface area contributed by atoms with E-state index in [1.165, 1.54) is 43.4 Å². The van der Waals surface area contributed by atoms with Crippen molar-refractivity contribution in [2.75, 3.05) is 38.0 Å². The Bertz CT molecular complexity index is 1180. The summed E-state index contributed by atoms with van der Waals surface area (Å²) in [5.41, 5.74) is 5.13. The fraction of sp³-hybridized carbons (Fsp3) is 0.562. The average Bonchev–Trinajstić information content (AvgIpc) is 3.20. The van der Waals surface area contributed by atoms with Gasteiger partial charge in [-0.05, 0) is 87.5 Å². The fourth-order valence-electron chi connectivity index (χ4n) is 5.66. The second-order valence-corrected chi connectivity index (χ2v) is 11.9. The molecule has 0 amide bonds. The molecule has 0 atom stereocenters. The minimum absolute atomic E-state index is 0.0701. The summed E-state index contributed by atoms with van der Waals surface area (Å²) in [5, 5.41) is 3.53. The Morgan fingerprint density at radius 2 is 1.71 bits per heavy atom. The lowest BCUT2D eigenvalue weighted by Crippen LogP contribution is -2.31. The van der Waals surface area contributed by atoms with E-state index in [2.05, 4.69) is 65.6 Å². The second-order valence-electron chi connectivity index (χ2n) is 11.9. The van der Waals surface area contributed by atoms with Crippen molar-refractivity contribution in [3.8, 4) is 0 Å². The van der Waals surface area contributed by atoms with Crippen LogP contribution in [-0.4, -0.2) is 57.9 Å². The third-order valence-corrected chi connectivity index (χ3v) is 7.30. The molecule has 2 aromatic carbocycles. The molecule has 1 aromatic heterocycles.